The van der Waals surface area contributed by atoms with E-state index in [-0.39, 0.29) is 47.6 Å². The summed E-state index contributed by atoms with van der Waals surface area (Å²) in [5.74, 6) is -0.198. The van der Waals surface area contributed by atoms with Crippen LogP contribution in [0.25, 0.3) is 0 Å². The number of sulfonamides is 1. The Morgan fingerprint density at radius 1 is 1.03 bits per heavy atom. The molecule has 0 saturated carbocycles. The van der Waals surface area contributed by atoms with E-state index in [1.165, 1.54) is 16.4 Å². The molecular weight excluding hydrogens is 464 g/mol. The highest BCUT2D eigenvalue weighted by molar-refractivity contribution is 7.89. The third kappa shape index (κ3) is 4.08. The summed E-state index contributed by atoms with van der Waals surface area (Å²) in [6.45, 7) is 0.250. The van der Waals surface area contributed by atoms with Crippen LogP contribution in [0, 0.1) is 0 Å². The zero-order valence-electron chi connectivity index (χ0n) is 18.1. The van der Waals surface area contributed by atoms with Crippen molar-refractivity contribution in [3.63, 3.8) is 0 Å². The van der Waals surface area contributed by atoms with Gasteiger partial charge in [-0.15, -0.1) is 0 Å². The standard InChI is InChI=1S/C24H27ClN2O5S/c25-20-8-4-5-9-22(20)33(30,31)26-12-13-32-21(16-26)23(28)27-18-10-11-19(27)15-24(29,14-18)17-6-2-1-3-7-17/h1-9,18-19,21,29H,10-16H2/t18-,19-,21-/m0/s1. The number of piperidine rings is 1. The number of ether oxygens (including phenoxy) is 1. The topological polar surface area (TPSA) is 87.2 Å². The third-order valence-electron chi connectivity index (χ3n) is 7.09. The van der Waals surface area contributed by atoms with E-state index < -0.39 is 21.7 Å². The van der Waals surface area contributed by atoms with E-state index in [9.17, 15) is 18.3 Å². The summed E-state index contributed by atoms with van der Waals surface area (Å²) in [5.41, 5.74) is -0.0866. The summed E-state index contributed by atoms with van der Waals surface area (Å²) in [5, 5.41) is 11.5. The Morgan fingerprint density at radius 3 is 2.33 bits per heavy atom. The summed E-state index contributed by atoms with van der Waals surface area (Å²) in [6, 6.07) is 15.7. The highest BCUT2D eigenvalue weighted by Gasteiger charge is 2.51. The van der Waals surface area contributed by atoms with Crippen molar-refractivity contribution in [2.45, 2.75) is 54.4 Å². The number of rotatable bonds is 4. The number of carbonyl (C=O) groups excluding carboxylic acids is 1. The fraction of sp³-hybridized carbons (Fsp3) is 0.458. The number of hydrogen-bond acceptors (Lipinski definition) is 5. The number of fused-ring (bicyclic) bond motifs is 2. The summed E-state index contributed by atoms with van der Waals surface area (Å²) in [4.78, 5) is 15.4. The minimum Gasteiger partial charge on any atom is -0.385 e. The number of aliphatic hydroxyl groups is 1. The van der Waals surface area contributed by atoms with Crippen LogP contribution in [0.2, 0.25) is 5.02 Å². The molecule has 3 aliphatic heterocycles. The van der Waals surface area contributed by atoms with Crippen LogP contribution in [0.4, 0.5) is 0 Å². The monoisotopic (exact) mass is 490 g/mol. The lowest BCUT2D eigenvalue weighted by molar-refractivity contribution is -0.157. The largest absolute Gasteiger partial charge is 0.385 e. The maximum Gasteiger partial charge on any atom is 0.253 e. The van der Waals surface area contributed by atoms with Gasteiger partial charge in [0.25, 0.3) is 5.91 Å². The second kappa shape index (κ2) is 8.67. The van der Waals surface area contributed by atoms with Crippen molar-refractivity contribution in [2.24, 2.45) is 0 Å². The molecule has 9 heteroatoms. The molecule has 2 bridgehead atoms. The van der Waals surface area contributed by atoms with Gasteiger partial charge in [0.05, 0.1) is 17.2 Å². The Labute approximate surface area is 199 Å². The molecule has 3 heterocycles. The first-order valence-corrected chi connectivity index (χ1v) is 13.1. The zero-order valence-corrected chi connectivity index (χ0v) is 19.7. The lowest BCUT2D eigenvalue weighted by atomic mass is 9.80. The first-order valence-electron chi connectivity index (χ1n) is 11.3. The molecule has 0 unspecified atom stereocenters. The number of hydrogen-bond donors (Lipinski definition) is 1. The van der Waals surface area contributed by atoms with Crippen molar-refractivity contribution in [2.75, 3.05) is 19.7 Å². The number of nitrogens with zero attached hydrogens (tertiary/aromatic N) is 2. The number of halogens is 1. The lowest BCUT2D eigenvalue weighted by Crippen LogP contribution is -2.58. The second-order valence-electron chi connectivity index (χ2n) is 9.09. The van der Waals surface area contributed by atoms with Crippen LogP contribution in [0.15, 0.2) is 59.5 Å². The normalized spacial score (nSPS) is 30.4. The Morgan fingerprint density at radius 2 is 1.67 bits per heavy atom. The number of morpholine rings is 1. The Balaban J connectivity index is 1.33. The minimum atomic E-state index is -3.85. The molecule has 176 valence electrons. The van der Waals surface area contributed by atoms with Gasteiger partial charge in [-0.1, -0.05) is 54.1 Å². The molecule has 2 aromatic carbocycles. The van der Waals surface area contributed by atoms with Crippen molar-refractivity contribution in [1.82, 2.24) is 9.21 Å². The highest BCUT2D eigenvalue weighted by atomic mass is 35.5. The minimum absolute atomic E-state index is 0.0331. The molecule has 33 heavy (non-hydrogen) atoms. The molecule has 0 aliphatic carbocycles. The van der Waals surface area contributed by atoms with Gasteiger partial charge in [0.2, 0.25) is 10.0 Å². The van der Waals surface area contributed by atoms with Crippen LogP contribution in [-0.4, -0.2) is 66.5 Å². The van der Waals surface area contributed by atoms with Crippen molar-refractivity contribution >= 4 is 27.5 Å². The number of carbonyl (C=O) groups is 1. The van der Waals surface area contributed by atoms with Gasteiger partial charge in [-0.2, -0.15) is 4.31 Å². The summed E-state index contributed by atoms with van der Waals surface area (Å²) >= 11 is 6.14. The summed E-state index contributed by atoms with van der Waals surface area (Å²) in [6.07, 6.45) is 1.70. The van der Waals surface area contributed by atoms with Crippen LogP contribution in [0.1, 0.15) is 31.2 Å². The summed E-state index contributed by atoms with van der Waals surface area (Å²) in [7, 11) is -3.85. The summed E-state index contributed by atoms with van der Waals surface area (Å²) < 4.78 is 33.4. The van der Waals surface area contributed by atoms with Crippen LogP contribution in [0.5, 0.6) is 0 Å². The molecule has 3 fully saturated rings. The second-order valence-corrected chi connectivity index (χ2v) is 11.4. The van der Waals surface area contributed by atoms with E-state index >= 15 is 0 Å². The first-order chi connectivity index (χ1) is 15.8. The quantitative estimate of drug-likeness (QED) is 0.712. The Bertz CT molecular complexity index is 1130. The molecule has 3 saturated heterocycles. The van der Waals surface area contributed by atoms with E-state index in [1.807, 2.05) is 35.2 Å². The third-order valence-corrected chi connectivity index (χ3v) is 9.46. The average Bonchev–Trinajstić information content (AvgIpc) is 3.11. The van der Waals surface area contributed by atoms with Crippen molar-refractivity contribution in [3.8, 4) is 0 Å². The molecule has 1 N–H and O–H groups in total. The molecule has 7 nitrogen and oxygen atoms in total. The van der Waals surface area contributed by atoms with E-state index in [1.54, 1.807) is 12.1 Å². The molecule has 0 spiro atoms. The SMILES string of the molecule is O=C([C@@H]1CN(S(=O)(=O)c2ccccc2Cl)CCO1)N1[C@H]2CC[C@H]1CC(O)(c1ccccc1)C2. The van der Waals surface area contributed by atoms with Crippen LogP contribution < -0.4 is 0 Å². The molecule has 3 atom stereocenters. The zero-order chi connectivity index (χ0) is 23.2. The van der Waals surface area contributed by atoms with Crippen molar-refractivity contribution in [1.29, 1.82) is 0 Å². The van der Waals surface area contributed by atoms with Gasteiger partial charge in [0.1, 0.15) is 11.0 Å². The van der Waals surface area contributed by atoms with E-state index in [2.05, 4.69) is 0 Å². The molecule has 1 amide bonds. The van der Waals surface area contributed by atoms with Crippen molar-refractivity contribution < 1.29 is 23.1 Å². The lowest BCUT2D eigenvalue weighted by Gasteiger charge is -2.45. The van der Waals surface area contributed by atoms with Gasteiger partial charge in [0.15, 0.2) is 0 Å². The predicted molar refractivity (Wildman–Crippen MR) is 123 cm³/mol. The molecule has 2 aromatic rings. The number of benzene rings is 2. The fourth-order valence-corrected chi connectivity index (χ4v) is 7.44. The van der Waals surface area contributed by atoms with Gasteiger partial charge in [-0.25, -0.2) is 8.42 Å². The molecule has 5 rings (SSSR count). The Kier molecular flexibility index (Phi) is 5.99. The first kappa shape index (κ1) is 22.8. The van der Waals surface area contributed by atoms with Crippen molar-refractivity contribution in [3.05, 3.63) is 65.2 Å². The number of amides is 1. The van der Waals surface area contributed by atoms with Crippen LogP contribution in [0.3, 0.4) is 0 Å². The van der Waals surface area contributed by atoms with Gasteiger partial charge in [-0.3, -0.25) is 4.79 Å². The fourth-order valence-electron chi connectivity index (χ4n) is 5.52. The molecule has 3 aliphatic rings. The van der Waals surface area contributed by atoms with E-state index in [0.29, 0.717) is 12.8 Å². The highest BCUT2D eigenvalue weighted by Crippen LogP contribution is 2.46. The Hall–Kier alpha value is -1.97. The molecule has 0 radical (unpaired) electrons. The van der Waals surface area contributed by atoms with E-state index in [4.69, 9.17) is 16.3 Å². The predicted octanol–water partition coefficient (Wildman–Crippen LogP) is 2.77. The van der Waals surface area contributed by atoms with Gasteiger partial charge < -0.3 is 14.7 Å². The van der Waals surface area contributed by atoms with E-state index in [0.717, 1.165) is 18.4 Å². The van der Waals surface area contributed by atoms with Gasteiger partial charge in [-0.05, 0) is 30.5 Å². The molecular formula is C24H27ClN2O5S. The van der Waals surface area contributed by atoms with Gasteiger partial charge >= 0.3 is 0 Å². The van der Waals surface area contributed by atoms with Crippen LogP contribution >= 0.6 is 11.6 Å². The smallest absolute Gasteiger partial charge is 0.253 e. The molecule has 0 aromatic heterocycles. The maximum atomic E-state index is 13.5. The maximum absolute atomic E-state index is 13.5. The van der Waals surface area contributed by atoms with Crippen LogP contribution in [-0.2, 0) is 25.2 Å². The van der Waals surface area contributed by atoms with Gasteiger partial charge in [0, 0.05) is 38.0 Å². The average molecular weight is 491 g/mol.